The van der Waals surface area contributed by atoms with E-state index >= 15 is 0 Å². The number of nitrogens with one attached hydrogen (secondary N) is 2. The summed E-state index contributed by atoms with van der Waals surface area (Å²) in [5.74, 6) is -0.738. The third kappa shape index (κ3) is 41.5. The number of carbonyl (C=O) groups excluding carboxylic acids is 2. The zero-order valence-electron chi connectivity index (χ0n) is 39.3. The van der Waals surface area contributed by atoms with Gasteiger partial charge in [0.2, 0.25) is 11.8 Å². The van der Waals surface area contributed by atoms with E-state index in [2.05, 4.69) is 31.4 Å². The van der Waals surface area contributed by atoms with E-state index in [1.807, 2.05) is 0 Å². The molecule has 58 heavy (non-hydrogen) atoms. The van der Waals surface area contributed by atoms with Gasteiger partial charge < -0.3 is 25.6 Å². The Morgan fingerprint density at radius 3 is 0.845 bits per heavy atom. The molecular weight excluding hydrogens is 721 g/mol. The average molecular weight is 823 g/mol. The standard InChI is InChI=1S/C51H102N2O5/c1-4-7-10-13-16-19-22-25-26-29-32-35-38-41-44-58-47(45-52-50(56)48(54)42-39-36-33-30-27-23-20-17-14-11-8-5-2)46-53-51(57)49(55)43-40-37-34-31-28-24-21-18-15-12-9-6-3/h47-49,54-55H,4-46H2,1-3H3,(H,52,56)(H,53,57). The molecule has 0 aliphatic carbocycles. The summed E-state index contributed by atoms with van der Waals surface area (Å²) in [6.45, 7) is 7.81. The molecule has 0 saturated carbocycles. The predicted octanol–water partition coefficient (Wildman–Crippen LogP) is 14.0. The van der Waals surface area contributed by atoms with Crippen LogP contribution in [-0.4, -0.2) is 60.0 Å². The normalized spacial score (nSPS) is 13.1. The van der Waals surface area contributed by atoms with Gasteiger partial charge in [0, 0.05) is 19.7 Å². The van der Waals surface area contributed by atoms with Crippen molar-refractivity contribution in [3.05, 3.63) is 0 Å². The molecule has 0 aromatic carbocycles. The highest BCUT2D eigenvalue weighted by molar-refractivity contribution is 5.81. The molecule has 0 aromatic rings. The molecule has 0 spiro atoms. The van der Waals surface area contributed by atoms with Crippen molar-refractivity contribution in [1.82, 2.24) is 10.6 Å². The second-order valence-corrected chi connectivity index (χ2v) is 18.0. The lowest BCUT2D eigenvalue weighted by Crippen LogP contribution is -2.46. The summed E-state index contributed by atoms with van der Waals surface area (Å²) in [5, 5.41) is 26.9. The van der Waals surface area contributed by atoms with Crippen LogP contribution in [0.5, 0.6) is 0 Å². The summed E-state index contributed by atoms with van der Waals surface area (Å²) in [7, 11) is 0. The molecule has 2 amide bonds. The number of unbranched alkanes of at least 4 members (excludes halogenated alkanes) is 35. The summed E-state index contributed by atoms with van der Waals surface area (Å²) in [6.07, 6.45) is 46.6. The summed E-state index contributed by atoms with van der Waals surface area (Å²) < 4.78 is 6.17. The number of aliphatic hydroxyl groups excluding tert-OH is 2. The van der Waals surface area contributed by atoms with Crippen LogP contribution >= 0.6 is 0 Å². The molecule has 0 aromatic heterocycles. The van der Waals surface area contributed by atoms with Crippen LogP contribution in [0.3, 0.4) is 0 Å². The van der Waals surface area contributed by atoms with Crippen molar-refractivity contribution in [2.75, 3.05) is 19.7 Å². The summed E-state index contributed by atoms with van der Waals surface area (Å²) in [5.41, 5.74) is 0. The van der Waals surface area contributed by atoms with Crippen molar-refractivity contribution in [3.63, 3.8) is 0 Å². The van der Waals surface area contributed by atoms with Crippen molar-refractivity contribution in [3.8, 4) is 0 Å². The van der Waals surface area contributed by atoms with Gasteiger partial charge >= 0.3 is 0 Å². The second-order valence-electron chi connectivity index (χ2n) is 18.0. The fraction of sp³-hybridized carbons (Fsp3) is 0.961. The Hall–Kier alpha value is -1.18. The lowest BCUT2D eigenvalue weighted by atomic mass is 10.0. The van der Waals surface area contributed by atoms with Crippen LogP contribution in [0.15, 0.2) is 0 Å². The van der Waals surface area contributed by atoms with Gasteiger partial charge in [-0.1, -0.05) is 258 Å². The SMILES string of the molecule is CCCCCCCCCCCCCCCCOC(CNC(=O)C(O)CCCCCCCCCCCCCC)CNC(=O)C(O)CCCCCCCCCCCCCC. The van der Waals surface area contributed by atoms with Gasteiger partial charge in [-0.2, -0.15) is 0 Å². The van der Waals surface area contributed by atoms with Gasteiger partial charge in [-0.15, -0.1) is 0 Å². The molecule has 7 nitrogen and oxygen atoms in total. The lowest BCUT2D eigenvalue weighted by molar-refractivity contribution is -0.131. The molecule has 346 valence electrons. The topological polar surface area (TPSA) is 108 Å². The maximum atomic E-state index is 12.8. The van der Waals surface area contributed by atoms with Crippen LogP contribution in [0.4, 0.5) is 0 Å². The maximum Gasteiger partial charge on any atom is 0.248 e. The summed E-state index contributed by atoms with van der Waals surface area (Å²) in [4.78, 5) is 25.6. The van der Waals surface area contributed by atoms with Crippen molar-refractivity contribution >= 4 is 11.8 Å². The first-order valence-corrected chi connectivity index (χ1v) is 26.0. The molecule has 0 radical (unpaired) electrons. The van der Waals surface area contributed by atoms with Gasteiger partial charge in [0.15, 0.2) is 0 Å². The van der Waals surface area contributed by atoms with E-state index in [-0.39, 0.29) is 24.9 Å². The molecule has 0 heterocycles. The van der Waals surface area contributed by atoms with Crippen LogP contribution in [0.2, 0.25) is 0 Å². The zero-order valence-corrected chi connectivity index (χ0v) is 39.3. The number of hydrogen-bond acceptors (Lipinski definition) is 5. The molecule has 4 N–H and O–H groups in total. The number of carbonyl (C=O) groups is 2. The molecule has 7 heteroatoms. The van der Waals surface area contributed by atoms with E-state index in [0.717, 1.165) is 51.4 Å². The fourth-order valence-electron chi connectivity index (χ4n) is 8.02. The molecular formula is C51H102N2O5. The smallest absolute Gasteiger partial charge is 0.248 e. The van der Waals surface area contributed by atoms with Crippen LogP contribution in [0, 0.1) is 0 Å². The summed E-state index contributed by atoms with van der Waals surface area (Å²) >= 11 is 0. The zero-order chi connectivity index (χ0) is 42.4. The van der Waals surface area contributed by atoms with Crippen LogP contribution in [-0.2, 0) is 14.3 Å². The third-order valence-electron chi connectivity index (χ3n) is 12.1. The minimum atomic E-state index is -1.03. The fourth-order valence-corrected chi connectivity index (χ4v) is 8.02. The molecule has 0 fully saturated rings. The molecule has 0 aliphatic heterocycles. The number of rotatable bonds is 48. The number of hydrogen-bond donors (Lipinski definition) is 4. The van der Waals surface area contributed by atoms with E-state index in [1.54, 1.807) is 0 Å². The van der Waals surface area contributed by atoms with Crippen molar-refractivity contribution < 1.29 is 24.5 Å². The maximum absolute atomic E-state index is 12.8. The van der Waals surface area contributed by atoms with Gasteiger partial charge in [-0.25, -0.2) is 0 Å². The Kier molecular flexibility index (Phi) is 45.9. The van der Waals surface area contributed by atoms with E-state index in [4.69, 9.17) is 4.74 Å². The first kappa shape index (κ1) is 56.8. The van der Waals surface area contributed by atoms with Crippen LogP contribution in [0.1, 0.15) is 278 Å². The largest absolute Gasteiger partial charge is 0.383 e. The number of amides is 2. The Labute approximate surface area is 361 Å². The van der Waals surface area contributed by atoms with Gasteiger partial charge in [-0.05, 0) is 19.3 Å². The van der Waals surface area contributed by atoms with Gasteiger partial charge in [0.25, 0.3) is 0 Å². The minimum Gasteiger partial charge on any atom is -0.383 e. The quantitative estimate of drug-likeness (QED) is 0.0457. The van der Waals surface area contributed by atoms with Gasteiger partial charge in [0.05, 0.1) is 6.10 Å². The van der Waals surface area contributed by atoms with Crippen molar-refractivity contribution in [2.24, 2.45) is 0 Å². The number of ether oxygens (including phenoxy) is 1. The molecule has 2 unspecified atom stereocenters. The third-order valence-corrected chi connectivity index (χ3v) is 12.1. The monoisotopic (exact) mass is 823 g/mol. The number of aliphatic hydroxyl groups is 2. The first-order chi connectivity index (χ1) is 28.5. The Bertz CT molecular complexity index is 792. The molecule has 2 atom stereocenters. The molecule has 0 bridgehead atoms. The Morgan fingerprint density at radius 1 is 0.362 bits per heavy atom. The highest BCUT2D eigenvalue weighted by Gasteiger charge is 2.20. The van der Waals surface area contributed by atoms with Crippen molar-refractivity contribution in [1.29, 1.82) is 0 Å². The predicted molar refractivity (Wildman–Crippen MR) is 249 cm³/mol. The average Bonchev–Trinajstić information content (AvgIpc) is 3.23. The molecule has 0 rings (SSSR count). The van der Waals surface area contributed by atoms with Gasteiger partial charge in [-0.3, -0.25) is 9.59 Å². The first-order valence-electron chi connectivity index (χ1n) is 26.0. The Balaban J connectivity index is 4.40. The molecule has 0 saturated heterocycles. The van der Waals surface area contributed by atoms with Crippen LogP contribution in [0.25, 0.3) is 0 Å². The van der Waals surface area contributed by atoms with E-state index in [1.165, 1.54) is 193 Å². The Morgan fingerprint density at radius 2 is 0.586 bits per heavy atom. The van der Waals surface area contributed by atoms with Crippen LogP contribution < -0.4 is 10.6 Å². The van der Waals surface area contributed by atoms with Crippen molar-refractivity contribution in [2.45, 2.75) is 296 Å². The summed E-state index contributed by atoms with van der Waals surface area (Å²) in [6, 6.07) is 0. The second kappa shape index (κ2) is 46.9. The van der Waals surface area contributed by atoms with Gasteiger partial charge in [0.1, 0.15) is 12.2 Å². The minimum absolute atomic E-state index is 0.224. The highest BCUT2D eigenvalue weighted by atomic mass is 16.5. The molecule has 0 aliphatic rings. The van der Waals surface area contributed by atoms with E-state index < -0.39 is 18.3 Å². The van der Waals surface area contributed by atoms with E-state index in [9.17, 15) is 19.8 Å². The van der Waals surface area contributed by atoms with E-state index in [0.29, 0.717) is 19.4 Å². The highest BCUT2D eigenvalue weighted by Crippen LogP contribution is 2.16. The lowest BCUT2D eigenvalue weighted by Gasteiger charge is -2.21.